The molecule has 6 heteroatoms. The zero-order valence-electron chi connectivity index (χ0n) is 12.0. The first-order valence-corrected chi connectivity index (χ1v) is 8.99. The van der Waals surface area contributed by atoms with Crippen molar-refractivity contribution in [3.05, 3.63) is 40.9 Å². The van der Waals surface area contributed by atoms with Crippen LogP contribution in [0, 0.1) is 5.41 Å². The van der Waals surface area contributed by atoms with Gasteiger partial charge in [-0.25, -0.2) is 13.6 Å². The van der Waals surface area contributed by atoms with Crippen LogP contribution in [0.1, 0.15) is 13.8 Å². The number of fused-ring (bicyclic) bond motifs is 1. The van der Waals surface area contributed by atoms with Gasteiger partial charge in [0.25, 0.3) is 0 Å². The number of sulfonamides is 1. The fraction of sp³-hybridized carbons (Fsp3) is 0.333. The highest BCUT2D eigenvalue weighted by molar-refractivity contribution is 9.10. The molecule has 0 amide bonds. The molecule has 2 aromatic rings. The average molecular weight is 372 g/mol. The highest BCUT2D eigenvalue weighted by Crippen LogP contribution is 2.34. The van der Waals surface area contributed by atoms with E-state index in [1.807, 2.05) is 50.2 Å². The number of primary sulfonamides is 1. The number of rotatable bonds is 5. The molecule has 0 aromatic heterocycles. The van der Waals surface area contributed by atoms with Gasteiger partial charge in [-0.2, -0.15) is 0 Å². The van der Waals surface area contributed by atoms with Crippen molar-refractivity contribution in [1.82, 2.24) is 0 Å². The van der Waals surface area contributed by atoms with Crippen molar-refractivity contribution in [2.75, 3.05) is 12.4 Å². The second-order valence-corrected chi connectivity index (χ2v) is 8.27. The maximum absolute atomic E-state index is 11.2. The molecular weight excluding hydrogens is 354 g/mol. The van der Waals surface area contributed by atoms with Gasteiger partial charge in [-0.05, 0) is 32.8 Å². The molecule has 0 aliphatic heterocycles. The van der Waals surface area contributed by atoms with E-state index in [1.54, 1.807) is 0 Å². The molecule has 4 nitrogen and oxygen atoms in total. The molecule has 2 N–H and O–H groups in total. The summed E-state index contributed by atoms with van der Waals surface area (Å²) in [6.07, 6.45) is 0. The summed E-state index contributed by atoms with van der Waals surface area (Å²) in [5, 5.41) is 7.27. The Morgan fingerprint density at radius 2 is 1.86 bits per heavy atom. The fourth-order valence-electron chi connectivity index (χ4n) is 2.18. The lowest BCUT2D eigenvalue weighted by atomic mass is 9.98. The SMILES string of the molecule is CC(C)(COc1ccc2ccccc2c1Br)CS(N)(=O)=O. The minimum absolute atomic E-state index is 0.120. The summed E-state index contributed by atoms with van der Waals surface area (Å²) in [6, 6.07) is 11.8. The monoisotopic (exact) mass is 371 g/mol. The number of ether oxygens (including phenoxy) is 1. The number of halogens is 1. The summed E-state index contributed by atoms with van der Waals surface area (Å²) in [5.41, 5.74) is -0.557. The Hall–Kier alpha value is -1.11. The van der Waals surface area contributed by atoms with E-state index in [0.717, 1.165) is 15.2 Å². The molecule has 0 atom stereocenters. The van der Waals surface area contributed by atoms with E-state index in [1.165, 1.54) is 0 Å². The van der Waals surface area contributed by atoms with E-state index >= 15 is 0 Å². The van der Waals surface area contributed by atoms with Crippen molar-refractivity contribution >= 4 is 36.7 Å². The molecule has 0 heterocycles. The molecule has 2 aromatic carbocycles. The highest BCUT2D eigenvalue weighted by atomic mass is 79.9. The molecule has 0 fully saturated rings. The van der Waals surface area contributed by atoms with Crippen LogP contribution in [-0.2, 0) is 10.0 Å². The van der Waals surface area contributed by atoms with Crippen LogP contribution in [0.25, 0.3) is 10.8 Å². The Kier molecular flexibility index (Phi) is 4.60. The van der Waals surface area contributed by atoms with E-state index in [0.29, 0.717) is 5.75 Å². The van der Waals surface area contributed by atoms with E-state index in [9.17, 15) is 8.42 Å². The summed E-state index contributed by atoms with van der Waals surface area (Å²) < 4.78 is 29.1. The molecule has 21 heavy (non-hydrogen) atoms. The van der Waals surface area contributed by atoms with Gasteiger partial charge in [-0.15, -0.1) is 0 Å². The lowest BCUT2D eigenvalue weighted by molar-refractivity contribution is 0.199. The molecule has 0 aliphatic carbocycles. The van der Waals surface area contributed by atoms with Gasteiger partial charge in [0.05, 0.1) is 16.8 Å². The van der Waals surface area contributed by atoms with Crippen LogP contribution in [0.4, 0.5) is 0 Å². The van der Waals surface area contributed by atoms with Crippen LogP contribution in [0.3, 0.4) is 0 Å². The van der Waals surface area contributed by atoms with Crippen LogP contribution < -0.4 is 9.88 Å². The summed E-state index contributed by atoms with van der Waals surface area (Å²) in [4.78, 5) is 0. The van der Waals surface area contributed by atoms with Gasteiger partial charge in [0, 0.05) is 5.41 Å². The zero-order valence-corrected chi connectivity index (χ0v) is 14.4. The summed E-state index contributed by atoms with van der Waals surface area (Å²) >= 11 is 3.54. The number of hydrogen-bond acceptors (Lipinski definition) is 3. The molecule has 2 rings (SSSR count). The third kappa shape index (κ3) is 4.43. The van der Waals surface area contributed by atoms with Crippen LogP contribution in [-0.4, -0.2) is 20.8 Å². The molecule has 0 spiro atoms. The molecule has 0 aliphatic rings. The first-order valence-electron chi connectivity index (χ1n) is 6.48. The summed E-state index contributed by atoms with van der Waals surface area (Å²) in [5.74, 6) is 0.571. The fourth-order valence-corrected chi connectivity index (χ4v) is 3.96. The third-order valence-electron chi connectivity index (χ3n) is 3.04. The highest BCUT2D eigenvalue weighted by Gasteiger charge is 2.25. The van der Waals surface area contributed by atoms with E-state index < -0.39 is 15.4 Å². The van der Waals surface area contributed by atoms with Crippen molar-refractivity contribution in [2.45, 2.75) is 13.8 Å². The lowest BCUT2D eigenvalue weighted by Gasteiger charge is -2.24. The largest absolute Gasteiger partial charge is 0.492 e. The van der Waals surface area contributed by atoms with Gasteiger partial charge in [-0.1, -0.05) is 44.2 Å². The quantitative estimate of drug-likeness (QED) is 0.876. The summed E-state index contributed by atoms with van der Waals surface area (Å²) in [7, 11) is -3.52. The van der Waals surface area contributed by atoms with E-state index in [-0.39, 0.29) is 12.4 Å². The van der Waals surface area contributed by atoms with Crippen molar-refractivity contribution in [3.8, 4) is 5.75 Å². The maximum atomic E-state index is 11.2. The second kappa shape index (κ2) is 5.94. The van der Waals surface area contributed by atoms with E-state index in [2.05, 4.69) is 15.9 Å². The van der Waals surface area contributed by atoms with Crippen LogP contribution >= 0.6 is 15.9 Å². The average Bonchev–Trinajstić information content (AvgIpc) is 2.35. The Morgan fingerprint density at radius 3 is 2.52 bits per heavy atom. The van der Waals surface area contributed by atoms with Crippen molar-refractivity contribution in [1.29, 1.82) is 0 Å². The number of benzene rings is 2. The zero-order chi connectivity index (χ0) is 15.7. The van der Waals surface area contributed by atoms with Crippen molar-refractivity contribution in [3.63, 3.8) is 0 Å². The number of hydrogen-bond donors (Lipinski definition) is 1. The van der Waals surface area contributed by atoms with Gasteiger partial charge in [0.2, 0.25) is 10.0 Å². The van der Waals surface area contributed by atoms with Gasteiger partial charge in [-0.3, -0.25) is 0 Å². The normalized spacial score (nSPS) is 12.6. The Bertz CT molecular complexity index is 757. The van der Waals surface area contributed by atoms with Gasteiger partial charge in [0.1, 0.15) is 5.75 Å². The van der Waals surface area contributed by atoms with Crippen molar-refractivity contribution < 1.29 is 13.2 Å². The smallest absolute Gasteiger partial charge is 0.209 e. The lowest BCUT2D eigenvalue weighted by Crippen LogP contribution is -2.33. The van der Waals surface area contributed by atoms with Crippen LogP contribution in [0.15, 0.2) is 40.9 Å². The van der Waals surface area contributed by atoms with Crippen molar-refractivity contribution in [2.24, 2.45) is 10.6 Å². The number of nitrogens with two attached hydrogens (primary N) is 1. The molecule has 114 valence electrons. The Balaban J connectivity index is 2.19. The Labute approximate surface area is 133 Å². The van der Waals surface area contributed by atoms with Crippen LogP contribution in [0.5, 0.6) is 5.75 Å². The molecule has 0 bridgehead atoms. The molecule has 0 saturated carbocycles. The topological polar surface area (TPSA) is 69.4 Å². The first-order chi connectivity index (χ1) is 9.68. The predicted octanol–water partition coefficient (Wildman–Crippen LogP) is 3.30. The van der Waals surface area contributed by atoms with Gasteiger partial charge in [0.15, 0.2) is 0 Å². The molecule has 0 radical (unpaired) electrons. The minimum Gasteiger partial charge on any atom is -0.492 e. The standard InChI is InChI=1S/C15H18BrNO3S/c1-15(2,10-21(17,18)19)9-20-13-8-7-11-5-3-4-6-12(11)14(13)16/h3-8H,9-10H2,1-2H3,(H2,17,18,19). The minimum atomic E-state index is -3.52. The van der Waals surface area contributed by atoms with Gasteiger partial charge < -0.3 is 4.74 Å². The van der Waals surface area contributed by atoms with Crippen LogP contribution in [0.2, 0.25) is 0 Å². The molecule has 0 saturated heterocycles. The Morgan fingerprint density at radius 1 is 1.19 bits per heavy atom. The van der Waals surface area contributed by atoms with Gasteiger partial charge >= 0.3 is 0 Å². The molecular formula is C15H18BrNO3S. The molecule has 0 unspecified atom stereocenters. The maximum Gasteiger partial charge on any atom is 0.209 e. The third-order valence-corrected chi connectivity index (χ3v) is 5.04. The first kappa shape index (κ1) is 16.3. The predicted molar refractivity (Wildman–Crippen MR) is 88.9 cm³/mol. The van der Waals surface area contributed by atoms with E-state index in [4.69, 9.17) is 9.88 Å². The summed E-state index contributed by atoms with van der Waals surface area (Å²) in [6.45, 7) is 3.89. The second-order valence-electron chi connectivity index (χ2n) is 5.86.